The van der Waals surface area contributed by atoms with Crippen LogP contribution in [0.25, 0.3) is 10.2 Å². The third-order valence-electron chi connectivity index (χ3n) is 2.86. The summed E-state index contributed by atoms with van der Waals surface area (Å²) in [7, 11) is -3.92. The Morgan fingerprint density at radius 2 is 2.00 bits per heavy atom. The Morgan fingerprint density at radius 3 is 2.76 bits per heavy atom. The molecule has 108 valence electrons. The summed E-state index contributed by atoms with van der Waals surface area (Å²) in [6, 6.07) is 6.74. The first-order chi connectivity index (χ1) is 9.97. The molecule has 0 bridgehead atoms. The first-order valence-corrected chi connectivity index (χ1v) is 8.44. The number of benzene rings is 1. The Kier molecular flexibility index (Phi) is 3.34. The molecule has 5 nitrogen and oxygen atoms in total. The van der Waals surface area contributed by atoms with Gasteiger partial charge in [0.15, 0.2) is 9.84 Å². The van der Waals surface area contributed by atoms with E-state index in [1.165, 1.54) is 29.5 Å². The number of aromatic nitrogens is 2. The van der Waals surface area contributed by atoms with E-state index in [1.54, 1.807) is 11.4 Å². The van der Waals surface area contributed by atoms with Crippen LogP contribution in [0.15, 0.2) is 45.4 Å². The molecule has 0 aliphatic carbocycles. The molecule has 0 spiro atoms. The number of fused-ring (bicyclic) bond motifs is 1. The Hall–Kier alpha value is -2.06. The van der Waals surface area contributed by atoms with E-state index in [0.717, 1.165) is 6.07 Å². The number of H-pyrrole nitrogens is 1. The van der Waals surface area contributed by atoms with Gasteiger partial charge in [0.2, 0.25) is 0 Å². The number of nitrogens with zero attached hydrogens (tertiary/aromatic N) is 1. The van der Waals surface area contributed by atoms with Gasteiger partial charge in [0, 0.05) is 0 Å². The minimum absolute atomic E-state index is 0.00541. The van der Waals surface area contributed by atoms with Gasteiger partial charge >= 0.3 is 0 Å². The molecule has 0 unspecified atom stereocenters. The van der Waals surface area contributed by atoms with Crippen molar-refractivity contribution in [3.05, 3.63) is 57.7 Å². The third kappa shape index (κ3) is 2.59. The smallest absolute Gasteiger partial charge is 0.268 e. The molecule has 0 aliphatic heterocycles. The van der Waals surface area contributed by atoms with E-state index in [2.05, 4.69) is 9.97 Å². The second-order valence-corrected chi connectivity index (χ2v) is 7.21. The van der Waals surface area contributed by atoms with Crippen molar-refractivity contribution < 1.29 is 12.8 Å². The molecule has 1 aromatic carbocycles. The van der Waals surface area contributed by atoms with E-state index in [-0.39, 0.29) is 5.82 Å². The minimum Gasteiger partial charge on any atom is -0.308 e. The van der Waals surface area contributed by atoms with Gasteiger partial charge in [0.25, 0.3) is 5.56 Å². The Labute approximate surface area is 123 Å². The van der Waals surface area contributed by atoms with Crippen LogP contribution in [0.4, 0.5) is 4.39 Å². The lowest BCUT2D eigenvalue weighted by molar-refractivity contribution is 0.565. The first-order valence-electron chi connectivity index (χ1n) is 5.91. The van der Waals surface area contributed by atoms with Crippen LogP contribution in [0.3, 0.4) is 0 Å². The number of hydrogen-bond acceptors (Lipinski definition) is 5. The maximum Gasteiger partial charge on any atom is 0.268 e. The van der Waals surface area contributed by atoms with E-state index in [0.29, 0.717) is 10.2 Å². The Balaban J connectivity index is 2.05. The lowest BCUT2D eigenvalue weighted by atomic mass is 10.3. The fourth-order valence-corrected chi connectivity index (χ4v) is 3.97. The summed E-state index contributed by atoms with van der Waals surface area (Å²) in [6.07, 6.45) is 0. The second kappa shape index (κ2) is 5.05. The number of thiophene rings is 1. The molecule has 0 saturated heterocycles. The van der Waals surface area contributed by atoms with Crippen molar-refractivity contribution in [2.75, 3.05) is 0 Å². The number of halogens is 1. The van der Waals surface area contributed by atoms with Crippen LogP contribution in [-0.4, -0.2) is 18.4 Å². The normalized spacial score (nSPS) is 11.9. The quantitative estimate of drug-likeness (QED) is 0.800. The lowest BCUT2D eigenvalue weighted by Gasteiger charge is -2.05. The van der Waals surface area contributed by atoms with Crippen molar-refractivity contribution >= 4 is 31.4 Å². The topological polar surface area (TPSA) is 79.9 Å². The fraction of sp³-hybridized carbons (Fsp3) is 0.0769. The van der Waals surface area contributed by atoms with Crippen LogP contribution >= 0.6 is 11.3 Å². The van der Waals surface area contributed by atoms with Crippen LogP contribution in [0, 0.1) is 5.82 Å². The summed E-state index contributed by atoms with van der Waals surface area (Å²) in [5.41, 5.74) is 0.0382. The Bertz CT molecular complexity index is 976. The maximum absolute atomic E-state index is 13.6. The fourth-order valence-electron chi connectivity index (χ4n) is 1.94. The number of rotatable bonds is 3. The highest BCUT2D eigenvalue weighted by molar-refractivity contribution is 7.90. The zero-order valence-corrected chi connectivity index (χ0v) is 12.2. The van der Waals surface area contributed by atoms with Crippen LogP contribution < -0.4 is 5.56 Å². The van der Waals surface area contributed by atoms with Crippen LogP contribution in [0.1, 0.15) is 5.82 Å². The average molecular weight is 324 g/mol. The van der Waals surface area contributed by atoms with E-state index >= 15 is 0 Å². The summed E-state index contributed by atoms with van der Waals surface area (Å²) in [6.45, 7) is 0. The number of nitrogens with one attached hydrogen (secondary N) is 1. The van der Waals surface area contributed by atoms with E-state index in [9.17, 15) is 17.6 Å². The highest BCUT2D eigenvalue weighted by Gasteiger charge is 2.21. The molecule has 3 aromatic rings. The molecule has 2 heterocycles. The van der Waals surface area contributed by atoms with Gasteiger partial charge in [-0.3, -0.25) is 4.79 Å². The first kappa shape index (κ1) is 13.9. The van der Waals surface area contributed by atoms with E-state index in [1.807, 2.05) is 0 Å². The predicted octanol–water partition coefficient (Wildman–Crippen LogP) is 2.10. The highest BCUT2D eigenvalue weighted by Crippen LogP contribution is 2.19. The van der Waals surface area contributed by atoms with Crippen LogP contribution in [0.5, 0.6) is 0 Å². The third-order valence-corrected chi connectivity index (χ3v) is 5.42. The molecule has 0 saturated carbocycles. The largest absolute Gasteiger partial charge is 0.308 e. The summed E-state index contributed by atoms with van der Waals surface area (Å²) in [5, 5.41) is 1.70. The number of hydrogen-bond donors (Lipinski definition) is 1. The standard InChI is InChI=1S/C13H9FN2O3S2/c14-8-3-1-2-4-10(8)21(18,19)7-11-15-9-5-6-20-12(9)13(17)16-11/h1-6H,7H2,(H,15,16,17). The van der Waals surface area contributed by atoms with Gasteiger partial charge in [-0.25, -0.2) is 17.8 Å². The molecular weight excluding hydrogens is 315 g/mol. The van der Waals surface area contributed by atoms with E-state index in [4.69, 9.17) is 0 Å². The minimum atomic E-state index is -3.92. The second-order valence-electron chi connectivity index (χ2n) is 4.34. The van der Waals surface area contributed by atoms with Crippen LogP contribution in [-0.2, 0) is 15.6 Å². The molecule has 0 atom stereocenters. The summed E-state index contributed by atoms with van der Waals surface area (Å²) in [4.78, 5) is 17.9. The zero-order chi connectivity index (χ0) is 15.0. The lowest BCUT2D eigenvalue weighted by Crippen LogP contribution is -2.15. The SMILES string of the molecule is O=c1[nH]c(CS(=O)(=O)c2ccccc2F)nc2ccsc12. The molecule has 2 aromatic heterocycles. The van der Waals surface area contributed by atoms with Crippen molar-refractivity contribution in [3.63, 3.8) is 0 Å². The molecule has 1 N–H and O–H groups in total. The summed E-state index contributed by atoms with van der Waals surface area (Å²) < 4.78 is 38.5. The summed E-state index contributed by atoms with van der Waals surface area (Å²) >= 11 is 1.22. The van der Waals surface area contributed by atoms with Crippen molar-refractivity contribution in [2.24, 2.45) is 0 Å². The molecule has 21 heavy (non-hydrogen) atoms. The Morgan fingerprint density at radius 1 is 1.24 bits per heavy atom. The van der Waals surface area contributed by atoms with Crippen LogP contribution in [0.2, 0.25) is 0 Å². The average Bonchev–Trinajstić information content (AvgIpc) is 2.87. The molecule has 0 amide bonds. The van der Waals surface area contributed by atoms with Crippen molar-refractivity contribution in [3.8, 4) is 0 Å². The van der Waals surface area contributed by atoms with Gasteiger partial charge in [0.1, 0.15) is 27.0 Å². The van der Waals surface area contributed by atoms with Gasteiger partial charge in [-0.1, -0.05) is 12.1 Å². The van der Waals surface area contributed by atoms with Gasteiger partial charge in [0.05, 0.1) is 5.52 Å². The number of sulfone groups is 1. The van der Waals surface area contributed by atoms with Crippen molar-refractivity contribution in [1.29, 1.82) is 0 Å². The molecular formula is C13H9FN2O3S2. The highest BCUT2D eigenvalue weighted by atomic mass is 32.2. The van der Waals surface area contributed by atoms with Gasteiger partial charge in [-0.05, 0) is 23.6 Å². The zero-order valence-electron chi connectivity index (χ0n) is 10.5. The molecule has 8 heteroatoms. The van der Waals surface area contributed by atoms with Gasteiger partial charge in [-0.2, -0.15) is 0 Å². The van der Waals surface area contributed by atoms with Gasteiger partial charge in [-0.15, -0.1) is 11.3 Å². The maximum atomic E-state index is 13.6. The molecule has 3 rings (SSSR count). The molecule has 0 fully saturated rings. The van der Waals surface area contributed by atoms with E-state index < -0.39 is 31.9 Å². The number of aromatic amines is 1. The monoisotopic (exact) mass is 324 g/mol. The van der Waals surface area contributed by atoms with Gasteiger partial charge < -0.3 is 4.98 Å². The van der Waals surface area contributed by atoms with Crippen molar-refractivity contribution in [2.45, 2.75) is 10.6 Å². The molecule has 0 radical (unpaired) electrons. The summed E-state index contributed by atoms with van der Waals surface area (Å²) in [5.74, 6) is -1.39. The predicted molar refractivity (Wildman–Crippen MR) is 77.5 cm³/mol. The van der Waals surface area contributed by atoms with Crippen molar-refractivity contribution in [1.82, 2.24) is 9.97 Å². The molecule has 0 aliphatic rings.